The van der Waals surface area contributed by atoms with E-state index < -0.39 is 6.10 Å². The molecule has 9 atom stereocenters. The Balaban J connectivity index is 1.13. The first-order chi connectivity index (χ1) is 21.1. The molecule has 5 heteroatoms. The van der Waals surface area contributed by atoms with Crippen molar-refractivity contribution < 1.29 is 10.0 Å². The molecule has 10 rings (SSSR count). The van der Waals surface area contributed by atoms with Crippen molar-refractivity contribution in [3.8, 4) is 0 Å². The van der Waals surface area contributed by atoms with Crippen LogP contribution in [0.5, 0.6) is 0 Å². The van der Waals surface area contributed by atoms with Crippen LogP contribution in [0.25, 0.3) is 17.0 Å². The number of quaternary nitrogens is 1. The maximum Gasteiger partial charge on any atom is 0.134 e. The molecule has 0 amide bonds. The van der Waals surface area contributed by atoms with Gasteiger partial charge in [-0.05, 0) is 68.0 Å². The highest BCUT2D eigenvalue weighted by Crippen LogP contribution is 2.65. The number of nitrogens with zero attached hydrogens (tertiary/aromatic N) is 2. The summed E-state index contributed by atoms with van der Waals surface area (Å²) in [6.07, 6.45) is 14.9. The van der Waals surface area contributed by atoms with E-state index in [0.717, 1.165) is 19.5 Å². The summed E-state index contributed by atoms with van der Waals surface area (Å²) in [5, 5.41) is 14.1. The van der Waals surface area contributed by atoms with Gasteiger partial charge in [0.2, 0.25) is 0 Å². The van der Waals surface area contributed by atoms with Crippen LogP contribution in [0.15, 0.2) is 89.8 Å². The molecular formula is C38H41N4O+. The van der Waals surface area contributed by atoms with E-state index in [4.69, 9.17) is 0 Å². The van der Waals surface area contributed by atoms with Crippen molar-refractivity contribution in [3.63, 3.8) is 0 Å². The fraction of sp³-hybridized carbons (Fsp3) is 0.421. The van der Waals surface area contributed by atoms with E-state index in [0.29, 0.717) is 24.0 Å². The number of aliphatic hydroxyl groups excluding tert-OH is 1. The summed E-state index contributed by atoms with van der Waals surface area (Å²) in [4.78, 5) is 10.8. The quantitative estimate of drug-likeness (QED) is 0.358. The van der Waals surface area contributed by atoms with Gasteiger partial charge in [-0.3, -0.25) is 9.80 Å². The van der Waals surface area contributed by atoms with Gasteiger partial charge in [0.05, 0.1) is 24.0 Å². The van der Waals surface area contributed by atoms with Crippen molar-refractivity contribution in [1.29, 1.82) is 0 Å². The van der Waals surface area contributed by atoms with Crippen LogP contribution >= 0.6 is 0 Å². The van der Waals surface area contributed by atoms with Gasteiger partial charge in [0.15, 0.2) is 0 Å². The first-order valence-corrected chi connectivity index (χ1v) is 16.6. The zero-order valence-electron chi connectivity index (χ0n) is 25.1. The lowest BCUT2D eigenvalue weighted by Crippen LogP contribution is -3.09. The van der Waals surface area contributed by atoms with Crippen LogP contribution in [0.3, 0.4) is 0 Å². The molecule has 3 aromatic rings. The van der Waals surface area contributed by atoms with E-state index in [1.165, 1.54) is 68.8 Å². The largest absolute Gasteiger partial charge is 0.388 e. The highest BCUT2D eigenvalue weighted by Gasteiger charge is 2.69. The molecule has 1 saturated carbocycles. The third-order valence-electron chi connectivity index (χ3n) is 13.0. The van der Waals surface area contributed by atoms with Crippen LogP contribution in [-0.2, 0) is 5.41 Å². The van der Waals surface area contributed by atoms with Gasteiger partial charge in [-0.1, -0.05) is 54.1 Å². The molecule has 2 aromatic carbocycles. The van der Waals surface area contributed by atoms with E-state index in [2.05, 4.69) is 108 Å². The fourth-order valence-corrected chi connectivity index (χ4v) is 11.3. The van der Waals surface area contributed by atoms with Crippen molar-refractivity contribution in [2.75, 3.05) is 24.5 Å². The Bertz CT molecular complexity index is 1810. The molecular weight excluding hydrogens is 528 g/mol. The van der Waals surface area contributed by atoms with Gasteiger partial charge in [0, 0.05) is 70.7 Å². The first-order valence-electron chi connectivity index (χ1n) is 16.6. The average Bonchev–Trinajstić information content (AvgIpc) is 3.72. The summed E-state index contributed by atoms with van der Waals surface area (Å²) >= 11 is 0. The predicted octanol–water partition coefficient (Wildman–Crippen LogP) is 5.10. The predicted molar refractivity (Wildman–Crippen MR) is 172 cm³/mol. The molecule has 6 aliphatic heterocycles. The minimum atomic E-state index is -0.427. The molecule has 2 unspecified atom stereocenters. The summed E-state index contributed by atoms with van der Waals surface area (Å²) in [5.41, 5.74) is 11.3. The number of aliphatic hydroxyl groups is 1. The Kier molecular flexibility index (Phi) is 5.01. The number of anilines is 1. The van der Waals surface area contributed by atoms with E-state index >= 15 is 0 Å². The third-order valence-corrected chi connectivity index (χ3v) is 13.0. The maximum atomic E-state index is 12.7. The summed E-state index contributed by atoms with van der Waals surface area (Å²) in [6.45, 7) is 7.66. The average molecular weight is 570 g/mol. The zero-order chi connectivity index (χ0) is 28.6. The number of fused-ring (bicyclic) bond motifs is 9. The van der Waals surface area contributed by atoms with E-state index in [1.54, 1.807) is 5.57 Å². The highest BCUT2D eigenvalue weighted by molar-refractivity contribution is 5.91. The number of allylic oxidation sites excluding steroid dienone is 2. The van der Waals surface area contributed by atoms with Crippen molar-refractivity contribution in [3.05, 3.63) is 107 Å². The van der Waals surface area contributed by atoms with Crippen LogP contribution in [0.2, 0.25) is 0 Å². The second-order valence-corrected chi connectivity index (χ2v) is 14.3. The van der Waals surface area contributed by atoms with Gasteiger partial charge in [-0.25, -0.2) is 0 Å². The number of H-pyrrole nitrogens is 1. The summed E-state index contributed by atoms with van der Waals surface area (Å²) in [6, 6.07) is 19.2. The minimum absolute atomic E-state index is 0.115. The molecule has 2 bridgehead atoms. The molecule has 5 nitrogen and oxygen atoms in total. The summed E-state index contributed by atoms with van der Waals surface area (Å²) < 4.78 is 0. The number of aromatic nitrogens is 1. The number of para-hydroxylation sites is 2. The van der Waals surface area contributed by atoms with Crippen LogP contribution in [0.4, 0.5) is 5.69 Å². The molecule has 43 heavy (non-hydrogen) atoms. The Hall–Kier alpha value is -3.38. The smallest absolute Gasteiger partial charge is 0.134 e. The number of rotatable bonds is 1. The second-order valence-electron chi connectivity index (χ2n) is 14.3. The van der Waals surface area contributed by atoms with Crippen molar-refractivity contribution in [2.24, 2.45) is 17.8 Å². The molecule has 1 aromatic heterocycles. The van der Waals surface area contributed by atoms with Crippen LogP contribution in [0, 0.1) is 17.8 Å². The van der Waals surface area contributed by atoms with Crippen LogP contribution < -0.4 is 9.80 Å². The zero-order valence-corrected chi connectivity index (χ0v) is 25.1. The number of piperidine rings is 2. The summed E-state index contributed by atoms with van der Waals surface area (Å²) in [7, 11) is 0. The first kappa shape index (κ1) is 25.0. The molecule has 1 aliphatic carbocycles. The number of aromatic amines is 1. The molecule has 0 radical (unpaired) electrons. The highest BCUT2D eigenvalue weighted by atomic mass is 16.3. The van der Waals surface area contributed by atoms with Crippen LogP contribution in [0.1, 0.15) is 56.0 Å². The van der Waals surface area contributed by atoms with Gasteiger partial charge < -0.3 is 15.0 Å². The number of hydrogen-bond donors (Lipinski definition) is 3. The van der Waals surface area contributed by atoms with E-state index in [1.807, 2.05) is 0 Å². The van der Waals surface area contributed by atoms with Crippen LogP contribution in [-0.4, -0.2) is 52.8 Å². The molecule has 4 fully saturated rings. The summed E-state index contributed by atoms with van der Waals surface area (Å²) in [5.74, 6) is 0.892. The number of benzene rings is 2. The normalized spacial score (nSPS) is 40.4. The molecule has 7 heterocycles. The van der Waals surface area contributed by atoms with Gasteiger partial charge in [-0.15, -0.1) is 0 Å². The van der Waals surface area contributed by atoms with Gasteiger partial charge in [-0.2, -0.15) is 0 Å². The van der Waals surface area contributed by atoms with E-state index in [-0.39, 0.29) is 17.3 Å². The third kappa shape index (κ3) is 2.99. The van der Waals surface area contributed by atoms with Crippen molar-refractivity contribution in [2.45, 2.75) is 62.8 Å². The number of hydrogen-bond acceptors (Lipinski definition) is 3. The molecule has 3 N–H and O–H groups in total. The van der Waals surface area contributed by atoms with E-state index in [9.17, 15) is 5.11 Å². The SMILES string of the molecule is C/C=C1/C[NH+]2C=Cc3c([nH]c4ccccc34)C2C[C@@H]1C1=CN2c3ccccc3[C@]34CCN5C/C(=C/C)[C@H](C[C@H]53)[C@@H]([C@@H]1O)[C@H]24. The van der Waals surface area contributed by atoms with Crippen molar-refractivity contribution in [1.82, 2.24) is 9.88 Å². The Labute approximate surface area is 253 Å². The molecule has 1 spiro atoms. The number of nitrogens with one attached hydrogen (secondary N) is 2. The molecule has 7 aliphatic rings. The fourth-order valence-electron chi connectivity index (χ4n) is 11.3. The van der Waals surface area contributed by atoms with Crippen molar-refractivity contribution >= 4 is 22.7 Å². The Morgan fingerprint density at radius 1 is 1.02 bits per heavy atom. The molecule has 3 saturated heterocycles. The lowest BCUT2D eigenvalue weighted by molar-refractivity contribution is -0.882. The van der Waals surface area contributed by atoms with Gasteiger partial charge in [0.1, 0.15) is 12.6 Å². The second kappa shape index (κ2) is 8.62. The Morgan fingerprint density at radius 3 is 2.74 bits per heavy atom. The molecule has 218 valence electrons. The Morgan fingerprint density at radius 2 is 1.86 bits per heavy atom. The van der Waals surface area contributed by atoms with Gasteiger partial charge >= 0.3 is 0 Å². The lowest BCUT2D eigenvalue weighted by atomic mass is 9.53. The topological polar surface area (TPSA) is 46.9 Å². The lowest BCUT2D eigenvalue weighted by Gasteiger charge is -2.59. The standard InChI is InChI=1S/C38H40N4O/c1-3-22-19-40-15-13-25-24-9-5-7-11-30(24)39-35(25)32(40)17-26(22)28-21-42-31-12-8-6-10-29(31)38-14-16-41-20-23(4-2)27(18-33(38)41)34(36(28)43)37(38)42/h3-13,15,21,26-27,32-34,36-37,39,43H,14,16-20H2,1-2H3/p+1/b22-3-,23-4-/t26-,27-,32?,33-,34-,36+,37-,38+/m0/s1. The monoisotopic (exact) mass is 569 g/mol. The minimum Gasteiger partial charge on any atom is -0.388 e. The maximum absolute atomic E-state index is 12.7. The van der Waals surface area contributed by atoms with Gasteiger partial charge in [0.25, 0.3) is 0 Å².